The number of aryl methyl sites for hydroxylation is 1. The van der Waals surface area contributed by atoms with Crippen molar-refractivity contribution in [3.8, 4) is 6.07 Å². The first kappa shape index (κ1) is 14.3. The molecule has 0 unspecified atom stereocenters. The smallest absolute Gasteiger partial charge is 0.266 e. The van der Waals surface area contributed by atoms with Gasteiger partial charge < -0.3 is 14.6 Å². The van der Waals surface area contributed by atoms with Crippen LogP contribution in [0.3, 0.4) is 0 Å². The predicted molar refractivity (Wildman–Crippen MR) is 84.9 cm³/mol. The largest absolute Gasteiger partial charge is 0.465 e. The van der Waals surface area contributed by atoms with Gasteiger partial charge in [0.15, 0.2) is 6.17 Å². The number of thiol groups is 1. The van der Waals surface area contributed by atoms with Crippen LogP contribution in [0.1, 0.15) is 17.5 Å². The van der Waals surface area contributed by atoms with Crippen LogP contribution in [0.25, 0.3) is 0 Å². The molecule has 1 atom stereocenters. The SMILES string of the molecule is Cc1cccc(N2C(S)=C(C#N)C(=O)N[C@@H]2c2ccco2)c1. The molecule has 0 fully saturated rings. The molecule has 0 saturated carbocycles. The number of furan rings is 1. The summed E-state index contributed by atoms with van der Waals surface area (Å²) in [6, 6.07) is 13.2. The van der Waals surface area contributed by atoms with Crippen LogP contribution in [0.15, 0.2) is 57.7 Å². The molecule has 0 bridgehead atoms. The van der Waals surface area contributed by atoms with Crippen molar-refractivity contribution in [3.05, 3.63) is 64.6 Å². The molecule has 22 heavy (non-hydrogen) atoms. The average molecular weight is 311 g/mol. The summed E-state index contributed by atoms with van der Waals surface area (Å²) < 4.78 is 5.42. The first-order valence-electron chi connectivity index (χ1n) is 6.65. The van der Waals surface area contributed by atoms with Crippen LogP contribution in [0, 0.1) is 18.3 Å². The zero-order valence-electron chi connectivity index (χ0n) is 11.8. The van der Waals surface area contributed by atoms with Crippen molar-refractivity contribution in [3.63, 3.8) is 0 Å². The minimum atomic E-state index is -0.547. The standard InChI is InChI=1S/C16H13N3O2S/c1-10-4-2-5-11(8-10)19-14(13-6-3-7-21-13)18-15(20)12(9-17)16(19)22/h2-8,14,22H,1H3,(H,18,20)/t14-/m0/s1. The minimum absolute atomic E-state index is 0.0207. The van der Waals surface area contributed by atoms with E-state index in [2.05, 4.69) is 17.9 Å². The molecule has 5 nitrogen and oxygen atoms in total. The van der Waals surface area contributed by atoms with Gasteiger partial charge in [0.1, 0.15) is 17.4 Å². The van der Waals surface area contributed by atoms with Crippen LogP contribution in [0.5, 0.6) is 0 Å². The fraction of sp³-hybridized carbons (Fsp3) is 0.125. The van der Waals surface area contributed by atoms with Gasteiger partial charge in [0, 0.05) is 5.69 Å². The molecule has 1 amide bonds. The third-order valence-electron chi connectivity index (χ3n) is 3.41. The van der Waals surface area contributed by atoms with E-state index in [9.17, 15) is 10.1 Å². The molecular formula is C16H13N3O2S. The lowest BCUT2D eigenvalue weighted by Crippen LogP contribution is -2.45. The van der Waals surface area contributed by atoms with Crippen LogP contribution in [0.2, 0.25) is 0 Å². The highest BCUT2D eigenvalue weighted by atomic mass is 32.1. The summed E-state index contributed by atoms with van der Waals surface area (Å²) in [6.45, 7) is 1.97. The third-order valence-corrected chi connectivity index (χ3v) is 3.85. The molecule has 0 aliphatic carbocycles. The second-order valence-corrected chi connectivity index (χ2v) is 5.33. The van der Waals surface area contributed by atoms with Gasteiger partial charge in [-0.05, 0) is 36.8 Å². The van der Waals surface area contributed by atoms with Gasteiger partial charge in [-0.1, -0.05) is 12.1 Å². The number of nitrogens with zero attached hydrogens (tertiary/aromatic N) is 2. The van der Waals surface area contributed by atoms with Crippen LogP contribution < -0.4 is 10.2 Å². The molecule has 6 heteroatoms. The lowest BCUT2D eigenvalue weighted by Gasteiger charge is -2.36. The lowest BCUT2D eigenvalue weighted by molar-refractivity contribution is -0.118. The normalized spacial score (nSPS) is 18.1. The van der Waals surface area contributed by atoms with E-state index in [1.165, 1.54) is 6.26 Å². The number of carbonyl (C=O) groups excluding carboxylic acids is 1. The van der Waals surface area contributed by atoms with Crippen LogP contribution in [-0.2, 0) is 4.79 Å². The Bertz CT molecular complexity index is 790. The summed E-state index contributed by atoms with van der Waals surface area (Å²) in [4.78, 5) is 13.8. The van der Waals surface area contributed by atoms with Crippen molar-refractivity contribution < 1.29 is 9.21 Å². The maximum absolute atomic E-state index is 12.1. The van der Waals surface area contributed by atoms with Gasteiger partial charge in [0.25, 0.3) is 5.91 Å². The van der Waals surface area contributed by atoms with E-state index in [0.717, 1.165) is 11.3 Å². The molecule has 0 radical (unpaired) electrons. The Morgan fingerprint density at radius 2 is 2.18 bits per heavy atom. The number of carbonyl (C=O) groups is 1. The van der Waals surface area contributed by atoms with Gasteiger partial charge in [-0.15, -0.1) is 12.6 Å². The van der Waals surface area contributed by atoms with E-state index in [1.54, 1.807) is 17.0 Å². The Morgan fingerprint density at radius 3 is 2.82 bits per heavy atom. The third kappa shape index (κ3) is 2.36. The van der Waals surface area contributed by atoms with E-state index in [1.807, 2.05) is 37.3 Å². The van der Waals surface area contributed by atoms with E-state index in [4.69, 9.17) is 4.42 Å². The first-order valence-corrected chi connectivity index (χ1v) is 7.10. The average Bonchev–Trinajstić information content (AvgIpc) is 3.01. The Kier molecular flexibility index (Phi) is 3.65. The number of rotatable bonds is 2. The molecule has 1 aromatic heterocycles. The second-order valence-electron chi connectivity index (χ2n) is 4.91. The number of hydrogen-bond acceptors (Lipinski definition) is 5. The van der Waals surface area contributed by atoms with Crippen molar-refractivity contribution in [2.45, 2.75) is 13.1 Å². The van der Waals surface area contributed by atoms with Crippen molar-refractivity contribution in [2.24, 2.45) is 0 Å². The number of amides is 1. The van der Waals surface area contributed by atoms with Crippen LogP contribution in [0.4, 0.5) is 5.69 Å². The molecule has 2 aromatic rings. The van der Waals surface area contributed by atoms with Crippen LogP contribution in [-0.4, -0.2) is 5.91 Å². The molecule has 0 spiro atoms. The number of anilines is 1. The topological polar surface area (TPSA) is 69.3 Å². The molecule has 110 valence electrons. The van der Waals surface area contributed by atoms with Gasteiger partial charge in [-0.25, -0.2) is 0 Å². The summed E-state index contributed by atoms with van der Waals surface area (Å²) in [7, 11) is 0. The number of nitriles is 1. The number of nitrogens with one attached hydrogen (secondary N) is 1. The highest BCUT2D eigenvalue weighted by molar-refractivity contribution is 7.84. The monoisotopic (exact) mass is 311 g/mol. The molecule has 3 rings (SSSR count). The summed E-state index contributed by atoms with van der Waals surface area (Å²) in [5.41, 5.74) is 1.86. The molecule has 1 aromatic carbocycles. The highest BCUT2D eigenvalue weighted by Crippen LogP contribution is 2.35. The Labute approximate surface area is 133 Å². The summed E-state index contributed by atoms with van der Waals surface area (Å²) in [5, 5.41) is 12.3. The molecule has 2 heterocycles. The molecule has 0 saturated heterocycles. The molecule has 1 aliphatic heterocycles. The number of benzene rings is 1. The summed E-state index contributed by atoms with van der Waals surface area (Å²) in [6.07, 6.45) is 0.992. The Balaban J connectivity index is 2.17. The van der Waals surface area contributed by atoms with Gasteiger partial charge in [0.05, 0.1) is 11.3 Å². The number of hydrogen-bond donors (Lipinski definition) is 2. The first-order chi connectivity index (χ1) is 10.6. The van der Waals surface area contributed by atoms with Gasteiger partial charge in [-0.2, -0.15) is 5.26 Å². The van der Waals surface area contributed by atoms with E-state index in [-0.39, 0.29) is 5.57 Å². The Hall–Kier alpha value is -2.65. The van der Waals surface area contributed by atoms with Crippen LogP contribution >= 0.6 is 12.6 Å². The maximum atomic E-state index is 12.1. The Morgan fingerprint density at radius 1 is 1.36 bits per heavy atom. The van der Waals surface area contributed by atoms with E-state index >= 15 is 0 Å². The fourth-order valence-electron chi connectivity index (χ4n) is 2.40. The van der Waals surface area contributed by atoms with Crippen molar-refractivity contribution in [1.82, 2.24) is 5.32 Å². The summed E-state index contributed by atoms with van der Waals surface area (Å²) >= 11 is 4.41. The van der Waals surface area contributed by atoms with Crippen molar-refractivity contribution in [2.75, 3.05) is 4.90 Å². The van der Waals surface area contributed by atoms with E-state index < -0.39 is 12.1 Å². The van der Waals surface area contributed by atoms with Crippen molar-refractivity contribution >= 4 is 24.2 Å². The fourth-order valence-corrected chi connectivity index (χ4v) is 2.78. The zero-order chi connectivity index (χ0) is 15.7. The summed E-state index contributed by atoms with van der Waals surface area (Å²) in [5.74, 6) is 0.108. The maximum Gasteiger partial charge on any atom is 0.266 e. The molecule has 1 aliphatic rings. The predicted octanol–water partition coefficient (Wildman–Crippen LogP) is 2.89. The van der Waals surface area contributed by atoms with Gasteiger partial charge in [-0.3, -0.25) is 4.79 Å². The zero-order valence-corrected chi connectivity index (χ0v) is 12.7. The second kappa shape index (κ2) is 5.62. The molecule has 1 N–H and O–H groups in total. The lowest BCUT2D eigenvalue weighted by atomic mass is 10.1. The quantitative estimate of drug-likeness (QED) is 0.837. The highest BCUT2D eigenvalue weighted by Gasteiger charge is 2.35. The molecular weight excluding hydrogens is 298 g/mol. The van der Waals surface area contributed by atoms with Crippen molar-refractivity contribution in [1.29, 1.82) is 5.26 Å². The van der Waals surface area contributed by atoms with Gasteiger partial charge in [0.2, 0.25) is 0 Å². The van der Waals surface area contributed by atoms with Gasteiger partial charge >= 0.3 is 0 Å². The van der Waals surface area contributed by atoms with E-state index in [0.29, 0.717) is 10.8 Å². The minimum Gasteiger partial charge on any atom is -0.465 e.